The summed E-state index contributed by atoms with van der Waals surface area (Å²) in [6.07, 6.45) is 1.42. The number of hydrogen-bond donors (Lipinski definition) is 2. The molecule has 0 amide bonds. The average Bonchev–Trinajstić information content (AvgIpc) is 2.52. The molecule has 1 aliphatic carbocycles. The van der Waals surface area contributed by atoms with Gasteiger partial charge in [-0.05, 0) is 18.6 Å². The summed E-state index contributed by atoms with van der Waals surface area (Å²) in [5.74, 6) is -2.00. The van der Waals surface area contributed by atoms with Gasteiger partial charge in [0, 0.05) is 11.0 Å². The molecule has 0 aromatic heterocycles. The van der Waals surface area contributed by atoms with Gasteiger partial charge in [0.2, 0.25) is 0 Å². The number of carboxylic acid groups (broad SMARTS) is 2. The number of carbonyl (C=O) groups is 2. The predicted molar refractivity (Wildman–Crippen MR) is 49.8 cm³/mol. The molecule has 1 rings (SSSR count). The van der Waals surface area contributed by atoms with Crippen molar-refractivity contribution >= 4 is 11.9 Å². The second-order valence-corrected chi connectivity index (χ2v) is 3.85. The topological polar surface area (TPSA) is 74.6 Å². The van der Waals surface area contributed by atoms with Crippen LogP contribution in [0, 0.1) is 5.41 Å². The Morgan fingerprint density at radius 1 is 1.29 bits per heavy atom. The summed E-state index contributed by atoms with van der Waals surface area (Å²) in [5.41, 5.74) is 0.579. The maximum atomic E-state index is 10.7. The molecule has 0 bridgehead atoms. The van der Waals surface area contributed by atoms with E-state index in [1.165, 1.54) is 13.0 Å². The van der Waals surface area contributed by atoms with Crippen LogP contribution in [0.25, 0.3) is 0 Å². The first-order chi connectivity index (χ1) is 6.28. The van der Waals surface area contributed by atoms with Gasteiger partial charge in [0.05, 0.1) is 5.57 Å². The molecule has 0 aromatic rings. The molecular weight excluding hydrogens is 184 g/mol. The van der Waals surface area contributed by atoms with Crippen LogP contribution in [0.1, 0.15) is 20.8 Å². The Morgan fingerprint density at radius 3 is 2.07 bits per heavy atom. The van der Waals surface area contributed by atoms with Gasteiger partial charge in [0.25, 0.3) is 0 Å². The highest BCUT2D eigenvalue weighted by Gasteiger charge is 2.48. The van der Waals surface area contributed by atoms with Crippen LogP contribution in [0.5, 0.6) is 0 Å². The minimum atomic E-state index is -1.02. The van der Waals surface area contributed by atoms with Crippen LogP contribution in [-0.2, 0) is 9.59 Å². The second-order valence-electron chi connectivity index (χ2n) is 3.85. The number of aliphatic carboxylic acids is 2. The molecule has 0 radical (unpaired) electrons. The van der Waals surface area contributed by atoms with Crippen LogP contribution in [-0.4, -0.2) is 22.2 Å². The van der Waals surface area contributed by atoms with Crippen LogP contribution in [0.2, 0.25) is 0 Å². The fraction of sp³-hybridized carbons (Fsp3) is 0.400. The van der Waals surface area contributed by atoms with Gasteiger partial charge in [-0.25, -0.2) is 9.59 Å². The molecule has 0 atom stereocenters. The Kier molecular flexibility index (Phi) is 2.23. The van der Waals surface area contributed by atoms with E-state index >= 15 is 0 Å². The van der Waals surface area contributed by atoms with E-state index in [-0.39, 0.29) is 5.57 Å². The molecule has 0 heterocycles. The first kappa shape index (κ1) is 10.5. The lowest BCUT2D eigenvalue weighted by Gasteiger charge is -2.00. The van der Waals surface area contributed by atoms with Crippen molar-refractivity contribution in [3.05, 3.63) is 22.8 Å². The van der Waals surface area contributed by atoms with Gasteiger partial charge in [-0.2, -0.15) is 0 Å². The van der Waals surface area contributed by atoms with Crippen molar-refractivity contribution in [2.24, 2.45) is 5.41 Å². The Morgan fingerprint density at radius 2 is 1.79 bits per heavy atom. The molecule has 0 aromatic carbocycles. The van der Waals surface area contributed by atoms with Gasteiger partial charge in [0.15, 0.2) is 0 Å². The molecule has 0 saturated carbocycles. The zero-order chi connectivity index (χ0) is 11.1. The van der Waals surface area contributed by atoms with E-state index in [9.17, 15) is 9.59 Å². The van der Waals surface area contributed by atoms with Crippen molar-refractivity contribution < 1.29 is 19.8 Å². The fourth-order valence-electron chi connectivity index (χ4n) is 1.41. The zero-order valence-corrected chi connectivity index (χ0v) is 8.29. The molecule has 1 aliphatic rings. The van der Waals surface area contributed by atoms with Crippen molar-refractivity contribution in [2.75, 3.05) is 0 Å². The third kappa shape index (κ3) is 1.55. The van der Waals surface area contributed by atoms with Gasteiger partial charge in [0.1, 0.15) is 0 Å². The van der Waals surface area contributed by atoms with E-state index in [4.69, 9.17) is 10.2 Å². The quantitative estimate of drug-likeness (QED) is 0.670. The molecule has 4 nitrogen and oxygen atoms in total. The normalized spacial score (nSPS) is 19.5. The van der Waals surface area contributed by atoms with Gasteiger partial charge in [-0.1, -0.05) is 13.8 Å². The lowest BCUT2D eigenvalue weighted by atomic mass is 10.0. The minimum absolute atomic E-state index is 0.157. The Hall–Kier alpha value is -1.58. The van der Waals surface area contributed by atoms with Gasteiger partial charge < -0.3 is 10.2 Å². The van der Waals surface area contributed by atoms with Gasteiger partial charge in [-0.3, -0.25) is 0 Å². The molecular formula is C10H12O4. The summed E-state index contributed by atoms with van der Waals surface area (Å²) in [5, 5.41) is 17.4. The lowest BCUT2D eigenvalue weighted by Crippen LogP contribution is -2.01. The van der Waals surface area contributed by atoms with Crippen molar-refractivity contribution in [1.82, 2.24) is 0 Å². The van der Waals surface area contributed by atoms with E-state index in [2.05, 4.69) is 0 Å². The Balaban J connectivity index is 2.97. The van der Waals surface area contributed by atoms with E-state index in [0.717, 1.165) is 0 Å². The van der Waals surface area contributed by atoms with Crippen LogP contribution in [0.15, 0.2) is 22.8 Å². The highest BCUT2D eigenvalue weighted by atomic mass is 16.4. The average molecular weight is 196 g/mol. The Bertz CT molecular complexity index is 372. The lowest BCUT2D eigenvalue weighted by molar-refractivity contribution is -0.133. The summed E-state index contributed by atoms with van der Waals surface area (Å²) in [6.45, 7) is 4.97. The third-order valence-electron chi connectivity index (χ3n) is 2.42. The molecule has 2 N–H and O–H groups in total. The summed E-state index contributed by atoms with van der Waals surface area (Å²) >= 11 is 0. The van der Waals surface area contributed by atoms with E-state index < -0.39 is 17.4 Å². The molecule has 0 fully saturated rings. The first-order valence-corrected chi connectivity index (χ1v) is 4.18. The predicted octanol–water partition coefficient (Wildman–Crippen LogP) is 1.44. The van der Waals surface area contributed by atoms with Crippen LogP contribution in [0.3, 0.4) is 0 Å². The van der Waals surface area contributed by atoms with Crippen LogP contribution >= 0.6 is 0 Å². The molecule has 0 aliphatic heterocycles. The monoisotopic (exact) mass is 196 g/mol. The molecule has 0 saturated heterocycles. The standard InChI is InChI=1S/C10H12O4/c1-5(8(11)12)4-6-7(9(13)14)10(6,2)3/h4H,1-3H3,(H,11,12)(H,13,14)/b5-4-. The molecule has 76 valence electrons. The number of hydrogen-bond acceptors (Lipinski definition) is 2. The fourth-order valence-corrected chi connectivity index (χ4v) is 1.41. The van der Waals surface area contributed by atoms with Crippen LogP contribution < -0.4 is 0 Å². The van der Waals surface area contributed by atoms with Crippen molar-refractivity contribution in [3.8, 4) is 0 Å². The summed E-state index contributed by atoms with van der Waals surface area (Å²) in [4.78, 5) is 21.2. The van der Waals surface area contributed by atoms with Crippen molar-refractivity contribution in [2.45, 2.75) is 20.8 Å². The molecule has 0 unspecified atom stereocenters. The SMILES string of the molecule is C/C(=C/C1=C(C(=O)O)C1(C)C)C(=O)O. The number of rotatable bonds is 3. The molecule has 4 heteroatoms. The first-order valence-electron chi connectivity index (χ1n) is 4.18. The van der Waals surface area contributed by atoms with E-state index in [1.807, 2.05) is 0 Å². The number of carboxylic acids is 2. The number of allylic oxidation sites excluding steroid dienone is 2. The maximum absolute atomic E-state index is 10.7. The van der Waals surface area contributed by atoms with Crippen molar-refractivity contribution in [3.63, 3.8) is 0 Å². The third-order valence-corrected chi connectivity index (χ3v) is 2.42. The summed E-state index contributed by atoms with van der Waals surface area (Å²) in [7, 11) is 0. The van der Waals surface area contributed by atoms with Crippen LogP contribution in [0.4, 0.5) is 0 Å². The molecule has 14 heavy (non-hydrogen) atoms. The van der Waals surface area contributed by atoms with Crippen molar-refractivity contribution in [1.29, 1.82) is 0 Å². The highest BCUT2D eigenvalue weighted by Crippen LogP contribution is 2.53. The zero-order valence-electron chi connectivity index (χ0n) is 8.29. The molecule has 0 spiro atoms. The highest BCUT2D eigenvalue weighted by molar-refractivity contribution is 5.98. The second kappa shape index (κ2) is 2.97. The minimum Gasteiger partial charge on any atom is -0.478 e. The largest absolute Gasteiger partial charge is 0.478 e. The van der Waals surface area contributed by atoms with Gasteiger partial charge in [-0.15, -0.1) is 0 Å². The van der Waals surface area contributed by atoms with E-state index in [0.29, 0.717) is 11.1 Å². The summed E-state index contributed by atoms with van der Waals surface area (Å²) < 4.78 is 0. The van der Waals surface area contributed by atoms with E-state index in [1.54, 1.807) is 13.8 Å². The maximum Gasteiger partial charge on any atom is 0.332 e. The summed E-state index contributed by atoms with van der Waals surface area (Å²) in [6, 6.07) is 0. The van der Waals surface area contributed by atoms with Gasteiger partial charge >= 0.3 is 11.9 Å². The Labute approximate surface area is 81.6 Å². The smallest absolute Gasteiger partial charge is 0.332 e.